The molecule has 0 aliphatic carbocycles. The van der Waals surface area contributed by atoms with Gasteiger partial charge in [0, 0.05) is 18.4 Å². The molecule has 1 rings (SSSR count). The Morgan fingerprint density at radius 3 is 2.64 bits per heavy atom. The van der Waals surface area contributed by atoms with Gasteiger partial charge in [-0.2, -0.15) is 0 Å². The first-order valence-electron chi connectivity index (χ1n) is 4.99. The Kier molecular flexibility index (Phi) is 7.42. The summed E-state index contributed by atoms with van der Waals surface area (Å²) in [7, 11) is 0. The average Bonchev–Trinajstić information content (AvgIpc) is 2.22. The molecule has 0 radical (unpaired) electrons. The highest BCUT2D eigenvalue weighted by molar-refractivity contribution is 5.77. The molecule has 0 spiro atoms. The van der Waals surface area contributed by atoms with Crippen LogP contribution < -0.4 is 5.32 Å². The molecule has 1 aromatic rings. The van der Waals surface area contributed by atoms with Crippen molar-refractivity contribution in [2.45, 2.75) is 27.2 Å². The Morgan fingerprint density at radius 2 is 2.14 bits per heavy atom. The number of hydrogen-bond acceptors (Lipinski definition) is 2. The second kappa shape index (κ2) is 8.23. The summed E-state index contributed by atoms with van der Waals surface area (Å²) in [5.41, 5.74) is 0.809. The van der Waals surface area contributed by atoms with E-state index in [1.54, 1.807) is 6.20 Å². The fourth-order valence-electron chi connectivity index (χ4n) is 0.927. The molecule has 1 amide bonds. The Bertz CT molecular complexity index is 247. The Labute approximate surface area is 85.6 Å². The predicted molar refractivity (Wildman–Crippen MR) is 58.0 cm³/mol. The first-order chi connectivity index (χ1) is 6.83. The lowest BCUT2D eigenvalue weighted by atomic mass is 10.2. The summed E-state index contributed by atoms with van der Waals surface area (Å²) in [5, 5.41) is 2.72. The molecule has 0 aliphatic heterocycles. The number of carbonyl (C=O) groups is 1. The number of carbonyl (C=O) groups excluding carboxylic acids is 1. The van der Waals surface area contributed by atoms with E-state index in [-0.39, 0.29) is 5.91 Å². The van der Waals surface area contributed by atoms with E-state index in [4.69, 9.17) is 0 Å². The third-order valence-corrected chi connectivity index (χ3v) is 1.44. The number of rotatable bonds is 3. The monoisotopic (exact) mass is 194 g/mol. The highest BCUT2D eigenvalue weighted by Gasteiger charge is 2.00. The van der Waals surface area contributed by atoms with E-state index in [2.05, 4.69) is 10.3 Å². The lowest BCUT2D eigenvalue weighted by Crippen LogP contribution is -2.24. The Balaban J connectivity index is 0.000000791. The van der Waals surface area contributed by atoms with Crippen molar-refractivity contribution in [2.75, 3.05) is 6.54 Å². The minimum absolute atomic E-state index is 0.0243. The van der Waals surface area contributed by atoms with Gasteiger partial charge in [-0.15, -0.1) is 0 Å². The van der Waals surface area contributed by atoms with Crippen LogP contribution in [0.1, 0.15) is 26.5 Å². The van der Waals surface area contributed by atoms with E-state index >= 15 is 0 Å². The molecule has 0 atom stereocenters. The van der Waals surface area contributed by atoms with Crippen molar-refractivity contribution in [1.29, 1.82) is 0 Å². The van der Waals surface area contributed by atoms with E-state index in [0.29, 0.717) is 13.0 Å². The number of nitrogens with one attached hydrogen (secondary N) is 1. The molecule has 0 saturated heterocycles. The molecule has 78 valence electrons. The van der Waals surface area contributed by atoms with Crippen LogP contribution in [0.2, 0.25) is 0 Å². The van der Waals surface area contributed by atoms with Gasteiger partial charge in [-0.25, -0.2) is 0 Å². The summed E-state index contributed by atoms with van der Waals surface area (Å²) in [6.45, 7) is 6.57. The molecule has 0 bridgehead atoms. The van der Waals surface area contributed by atoms with Crippen molar-refractivity contribution in [1.82, 2.24) is 10.3 Å². The molecule has 0 aromatic carbocycles. The van der Waals surface area contributed by atoms with Gasteiger partial charge in [0.1, 0.15) is 0 Å². The maximum Gasteiger partial charge on any atom is 0.226 e. The zero-order valence-corrected chi connectivity index (χ0v) is 9.08. The van der Waals surface area contributed by atoms with Crippen molar-refractivity contribution in [3.8, 4) is 0 Å². The number of hydrogen-bond donors (Lipinski definition) is 1. The second-order valence-electron chi connectivity index (χ2n) is 2.45. The maximum absolute atomic E-state index is 11.1. The van der Waals surface area contributed by atoms with Crippen molar-refractivity contribution >= 4 is 5.91 Å². The van der Waals surface area contributed by atoms with Crippen LogP contribution in [0.5, 0.6) is 0 Å². The minimum Gasteiger partial charge on any atom is -0.356 e. The smallest absolute Gasteiger partial charge is 0.226 e. The largest absolute Gasteiger partial charge is 0.356 e. The molecule has 0 fully saturated rings. The van der Waals surface area contributed by atoms with Crippen LogP contribution in [0.25, 0.3) is 0 Å². The highest BCUT2D eigenvalue weighted by atomic mass is 16.1. The number of likely N-dealkylation sites (N-methyl/N-ethyl adjacent to an activating group) is 1. The van der Waals surface area contributed by atoms with Crippen molar-refractivity contribution in [2.24, 2.45) is 0 Å². The van der Waals surface area contributed by atoms with Gasteiger partial charge >= 0.3 is 0 Å². The first kappa shape index (κ1) is 12.6. The molecule has 14 heavy (non-hydrogen) atoms. The van der Waals surface area contributed by atoms with Crippen LogP contribution in [0, 0.1) is 0 Å². The van der Waals surface area contributed by atoms with E-state index in [0.717, 1.165) is 5.69 Å². The van der Waals surface area contributed by atoms with E-state index < -0.39 is 0 Å². The summed E-state index contributed by atoms with van der Waals surface area (Å²) in [6, 6.07) is 5.55. The first-order valence-corrected chi connectivity index (χ1v) is 4.99. The molecular weight excluding hydrogens is 176 g/mol. The zero-order chi connectivity index (χ0) is 10.8. The SMILES string of the molecule is CC.CCNC(=O)Cc1ccccn1. The van der Waals surface area contributed by atoms with Crippen LogP contribution in [0.15, 0.2) is 24.4 Å². The van der Waals surface area contributed by atoms with Crippen molar-refractivity contribution in [3.63, 3.8) is 0 Å². The number of pyridine rings is 1. The van der Waals surface area contributed by atoms with Gasteiger partial charge in [0.05, 0.1) is 6.42 Å². The third kappa shape index (κ3) is 5.30. The van der Waals surface area contributed by atoms with Crippen LogP contribution in [-0.2, 0) is 11.2 Å². The van der Waals surface area contributed by atoms with Gasteiger partial charge in [0.2, 0.25) is 5.91 Å². The van der Waals surface area contributed by atoms with E-state index in [1.165, 1.54) is 0 Å². The number of aromatic nitrogens is 1. The van der Waals surface area contributed by atoms with Gasteiger partial charge in [0.15, 0.2) is 0 Å². The fourth-order valence-corrected chi connectivity index (χ4v) is 0.927. The Morgan fingerprint density at radius 1 is 1.43 bits per heavy atom. The molecular formula is C11H18N2O. The predicted octanol–water partition coefficient (Wildman–Crippen LogP) is 1.79. The maximum atomic E-state index is 11.1. The van der Waals surface area contributed by atoms with Crippen LogP contribution in [-0.4, -0.2) is 17.4 Å². The van der Waals surface area contributed by atoms with Gasteiger partial charge in [-0.05, 0) is 19.1 Å². The number of amides is 1. The molecule has 0 aliphatic rings. The van der Waals surface area contributed by atoms with Crippen LogP contribution in [0.3, 0.4) is 0 Å². The van der Waals surface area contributed by atoms with Crippen LogP contribution >= 0.6 is 0 Å². The highest BCUT2D eigenvalue weighted by Crippen LogP contribution is 1.93. The molecule has 1 aromatic heterocycles. The van der Waals surface area contributed by atoms with Crippen molar-refractivity contribution in [3.05, 3.63) is 30.1 Å². The third-order valence-electron chi connectivity index (χ3n) is 1.44. The second-order valence-corrected chi connectivity index (χ2v) is 2.45. The molecule has 1 heterocycles. The molecule has 1 N–H and O–H groups in total. The number of nitrogens with zero attached hydrogens (tertiary/aromatic N) is 1. The molecule has 3 nitrogen and oxygen atoms in total. The van der Waals surface area contributed by atoms with E-state index in [9.17, 15) is 4.79 Å². The fraction of sp³-hybridized carbons (Fsp3) is 0.455. The lowest BCUT2D eigenvalue weighted by molar-refractivity contribution is -0.120. The summed E-state index contributed by atoms with van der Waals surface area (Å²) in [4.78, 5) is 15.1. The van der Waals surface area contributed by atoms with Crippen LogP contribution in [0.4, 0.5) is 0 Å². The quantitative estimate of drug-likeness (QED) is 0.797. The molecule has 0 unspecified atom stereocenters. The van der Waals surface area contributed by atoms with Gasteiger partial charge < -0.3 is 5.32 Å². The average molecular weight is 194 g/mol. The lowest BCUT2D eigenvalue weighted by Gasteiger charge is -2.00. The summed E-state index contributed by atoms with van der Waals surface area (Å²) < 4.78 is 0. The topological polar surface area (TPSA) is 42.0 Å². The van der Waals surface area contributed by atoms with Crippen molar-refractivity contribution < 1.29 is 4.79 Å². The normalized spacial score (nSPS) is 8.50. The summed E-state index contributed by atoms with van der Waals surface area (Å²) in [6.07, 6.45) is 2.06. The standard InChI is InChI=1S/C9H12N2O.C2H6/c1-2-10-9(12)7-8-5-3-4-6-11-8;1-2/h3-6H,2,7H2,1H3,(H,10,12);1-2H3. The van der Waals surface area contributed by atoms with Gasteiger partial charge in [-0.1, -0.05) is 19.9 Å². The van der Waals surface area contributed by atoms with Gasteiger partial charge in [0.25, 0.3) is 0 Å². The molecule has 3 heteroatoms. The zero-order valence-electron chi connectivity index (χ0n) is 9.08. The summed E-state index contributed by atoms with van der Waals surface area (Å²) in [5.74, 6) is 0.0243. The minimum atomic E-state index is 0.0243. The van der Waals surface area contributed by atoms with E-state index in [1.807, 2.05) is 39.0 Å². The van der Waals surface area contributed by atoms with Gasteiger partial charge in [-0.3, -0.25) is 9.78 Å². The summed E-state index contributed by atoms with van der Waals surface area (Å²) >= 11 is 0. The Hall–Kier alpha value is -1.38. The molecule has 0 saturated carbocycles.